The summed E-state index contributed by atoms with van der Waals surface area (Å²) in [6, 6.07) is 25.3. The first-order valence-corrected chi connectivity index (χ1v) is 12.2. The van der Waals surface area contributed by atoms with Crippen LogP contribution >= 0.6 is 0 Å². The largest absolute Gasteiger partial charge is 0.493 e. The van der Waals surface area contributed by atoms with E-state index < -0.39 is 0 Å². The molecule has 1 amide bonds. The summed E-state index contributed by atoms with van der Waals surface area (Å²) < 4.78 is 13.9. The summed E-state index contributed by atoms with van der Waals surface area (Å²) in [6.07, 6.45) is 0.817. The zero-order valence-electron chi connectivity index (χ0n) is 20.6. The molecule has 0 radical (unpaired) electrons. The summed E-state index contributed by atoms with van der Waals surface area (Å²) in [4.78, 5) is 17.4. The molecule has 0 aliphatic carbocycles. The Balaban J connectivity index is 1.40. The summed E-state index contributed by atoms with van der Waals surface area (Å²) in [7, 11) is 0. The molecular formula is C29H33N3O3. The first-order valence-electron chi connectivity index (χ1n) is 12.2. The van der Waals surface area contributed by atoms with E-state index in [1.54, 1.807) is 0 Å². The Morgan fingerprint density at radius 3 is 2.43 bits per heavy atom. The highest BCUT2D eigenvalue weighted by Gasteiger charge is 2.18. The Morgan fingerprint density at radius 1 is 0.914 bits per heavy atom. The van der Waals surface area contributed by atoms with Gasteiger partial charge in [-0.2, -0.15) is 0 Å². The van der Waals surface area contributed by atoms with Crippen LogP contribution in [-0.2, 0) is 11.3 Å². The molecule has 4 rings (SSSR count). The van der Waals surface area contributed by atoms with Crippen LogP contribution in [0.2, 0.25) is 0 Å². The Kier molecular flexibility index (Phi) is 8.03. The summed E-state index contributed by atoms with van der Waals surface area (Å²) in [5, 5.41) is 3.03. The average molecular weight is 472 g/mol. The van der Waals surface area contributed by atoms with Gasteiger partial charge in [-0.15, -0.1) is 0 Å². The van der Waals surface area contributed by atoms with E-state index in [4.69, 9.17) is 14.5 Å². The molecule has 1 aromatic heterocycles. The second kappa shape index (κ2) is 11.6. The number of ether oxygens (including phenoxy) is 2. The number of nitrogens with one attached hydrogen (secondary N) is 1. The molecule has 0 spiro atoms. The molecule has 6 heteroatoms. The topological polar surface area (TPSA) is 65.4 Å². The van der Waals surface area contributed by atoms with Crippen molar-refractivity contribution in [2.24, 2.45) is 0 Å². The van der Waals surface area contributed by atoms with Crippen molar-refractivity contribution in [2.45, 2.75) is 45.7 Å². The van der Waals surface area contributed by atoms with Gasteiger partial charge in [0.15, 0.2) is 6.61 Å². The van der Waals surface area contributed by atoms with Gasteiger partial charge in [0, 0.05) is 6.54 Å². The number of aryl methyl sites for hydroxylation is 1. The van der Waals surface area contributed by atoms with E-state index in [2.05, 4.69) is 35.9 Å². The van der Waals surface area contributed by atoms with Gasteiger partial charge in [-0.1, -0.05) is 62.4 Å². The Morgan fingerprint density at radius 2 is 1.63 bits per heavy atom. The smallest absolute Gasteiger partial charge is 0.258 e. The van der Waals surface area contributed by atoms with Crippen LogP contribution in [0, 0.1) is 0 Å². The number of carbonyl (C=O) groups is 1. The van der Waals surface area contributed by atoms with Gasteiger partial charge < -0.3 is 19.4 Å². The Labute approximate surface area is 206 Å². The van der Waals surface area contributed by atoms with E-state index >= 15 is 0 Å². The van der Waals surface area contributed by atoms with Gasteiger partial charge in [0.2, 0.25) is 0 Å². The number of rotatable bonds is 11. The second-order valence-corrected chi connectivity index (χ2v) is 8.90. The molecule has 182 valence electrons. The molecule has 0 saturated heterocycles. The van der Waals surface area contributed by atoms with Crippen LogP contribution in [0.4, 0.5) is 0 Å². The number of hydrogen-bond acceptors (Lipinski definition) is 4. The lowest BCUT2D eigenvalue weighted by atomic mass is 10.0. The normalized spacial score (nSPS) is 12.0. The molecule has 1 N–H and O–H groups in total. The van der Waals surface area contributed by atoms with Crippen LogP contribution < -0.4 is 14.8 Å². The predicted octanol–water partition coefficient (Wildman–Crippen LogP) is 5.89. The quantitative estimate of drug-likeness (QED) is 0.277. The van der Waals surface area contributed by atoms with Crippen molar-refractivity contribution >= 4 is 16.9 Å². The molecule has 1 unspecified atom stereocenters. The number of hydrogen-bond donors (Lipinski definition) is 1. The van der Waals surface area contributed by atoms with Crippen molar-refractivity contribution in [1.82, 2.24) is 14.9 Å². The molecule has 0 saturated carbocycles. The number of para-hydroxylation sites is 4. The molecule has 0 aliphatic heterocycles. The lowest BCUT2D eigenvalue weighted by Crippen LogP contribution is -2.32. The molecule has 4 aromatic rings. The van der Waals surface area contributed by atoms with Crippen LogP contribution in [0.25, 0.3) is 11.0 Å². The van der Waals surface area contributed by atoms with E-state index in [0.717, 1.165) is 35.6 Å². The van der Waals surface area contributed by atoms with Crippen molar-refractivity contribution in [3.63, 3.8) is 0 Å². The number of carbonyl (C=O) groups excluding carboxylic acids is 1. The summed E-state index contributed by atoms with van der Waals surface area (Å²) in [5.74, 6) is 2.65. The maximum atomic E-state index is 12.5. The van der Waals surface area contributed by atoms with E-state index in [-0.39, 0.29) is 18.6 Å². The van der Waals surface area contributed by atoms with Gasteiger partial charge in [0.25, 0.3) is 5.91 Å². The second-order valence-electron chi connectivity index (χ2n) is 8.90. The van der Waals surface area contributed by atoms with Crippen LogP contribution in [0.3, 0.4) is 0 Å². The fourth-order valence-electron chi connectivity index (χ4n) is 4.17. The predicted molar refractivity (Wildman–Crippen MR) is 139 cm³/mol. The maximum absolute atomic E-state index is 12.5. The van der Waals surface area contributed by atoms with Gasteiger partial charge >= 0.3 is 0 Å². The molecule has 0 aliphatic rings. The zero-order chi connectivity index (χ0) is 24.6. The molecule has 0 fully saturated rings. The highest BCUT2D eigenvalue weighted by molar-refractivity contribution is 5.79. The number of amides is 1. The number of nitrogens with zero attached hydrogens (tertiary/aromatic N) is 2. The lowest BCUT2D eigenvalue weighted by molar-refractivity contribution is -0.123. The minimum absolute atomic E-state index is 0.0440. The van der Waals surface area contributed by atoms with Crippen LogP contribution in [0.1, 0.15) is 50.5 Å². The minimum atomic E-state index is -0.267. The fourth-order valence-corrected chi connectivity index (χ4v) is 4.17. The third-order valence-electron chi connectivity index (χ3n) is 5.89. The van der Waals surface area contributed by atoms with Crippen molar-refractivity contribution in [2.75, 3.05) is 13.2 Å². The van der Waals surface area contributed by atoms with Crippen molar-refractivity contribution in [3.05, 3.63) is 90.3 Å². The third kappa shape index (κ3) is 6.21. The van der Waals surface area contributed by atoms with E-state index in [1.807, 2.05) is 73.7 Å². The van der Waals surface area contributed by atoms with E-state index in [0.29, 0.717) is 18.3 Å². The first kappa shape index (κ1) is 24.3. The molecule has 1 atom stereocenters. The van der Waals surface area contributed by atoms with Crippen LogP contribution in [0.15, 0.2) is 78.9 Å². The van der Waals surface area contributed by atoms with Crippen molar-refractivity contribution < 1.29 is 14.3 Å². The summed E-state index contributed by atoms with van der Waals surface area (Å²) in [5.41, 5.74) is 3.18. The molecule has 35 heavy (non-hydrogen) atoms. The molecule has 1 heterocycles. The number of aromatic nitrogens is 2. The van der Waals surface area contributed by atoms with Gasteiger partial charge in [-0.3, -0.25) is 4.79 Å². The number of benzene rings is 3. The fraction of sp³-hybridized carbons (Fsp3) is 0.310. The third-order valence-corrected chi connectivity index (χ3v) is 5.89. The van der Waals surface area contributed by atoms with Crippen LogP contribution in [0.5, 0.6) is 11.5 Å². The SMILES string of the molecule is CC(C)c1ccccc1OCCCn1c(C(C)NC(=O)COc2ccccc2)nc2ccccc21. The molecular weight excluding hydrogens is 438 g/mol. The van der Waals surface area contributed by atoms with Gasteiger partial charge in [0.1, 0.15) is 17.3 Å². The molecule has 6 nitrogen and oxygen atoms in total. The van der Waals surface area contributed by atoms with Crippen molar-refractivity contribution in [3.8, 4) is 11.5 Å². The molecule has 0 bridgehead atoms. The van der Waals surface area contributed by atoms with Crippen molar-refractivity contribution in [1.29, 1.82) is 0 Å². The van der Waals surface area contributed by atoms with Crippen LogP contribution in [-0.4, -0.2) is 28.7 Å². The summed E-state index contributed by atoms with van der Waals surface area (Å²) in [6.45, 7) is 7.59. The van der Waals surface area contributed by atoms with Gasteiger partial charge in [-0.05, 0) is 55.2 Å². The minimum Gasteiger partial charge on any atom is -0.493 e. The molecule has 3 aromatic carbocycles. The number of imidazole rings is 1. The van der Waals surface area contributed by atoms with E-state index in [1.165, 1.54) is 5.56 Å². The standard InChI is InChI=1S/C29H33N3O3/c1-21(2)24-14-7-10-17-27(24)34-19-11-18-32-26-16-9-8-15-25(26)31-29(32)22(3)30-28(33)20-35-23-12-5-4-6-13-23/h4-10,12-17,21-22H,11,18-20H2,1-3H3,(H,30,33). The van der Waals surface area contributed by atoms with Gasteiger partial charge in [-0.25, -0.2) is 4.98 Å². The maximum Gasteiger partial charge on any atom is 0.258 e. The van der Waals surface area contributed by atoms with Gasteiger partial charge in [0.05, 0.1) is 23.7 Å². The zero-order valence-corrected chi connectivity index (χ0v) is 20.6. The lowest BCUT2D eigenvalue weighted by Gasteiger charge is -2.17. The monoisotopic (exact) mass is 471 g/mol. The first-order chi connectivity index (χ1) is 17.0. The highest BCUT2D eigenvalue weighted by Crippen LogP contribution is 2.26. The average Bonchev–Trinajstić information content (AvgIpc) is 3.25. The Bertz CT molecular complexity index is 1250. The highest BCUT2D eigenvalue weighted by atomic mass is 16.5. The summed E-state index contributed by atoms with van der Waals surface area (Å²) >= 11 is 0. The Hall–Kier alpha value is -3.80. The number of fused-ring (bicyclic) bond motifs is 1. The van der Waals surface area contributed by atoms with E-state index in [9.17, 15) is 4.79 Å².